The average Bonchev–Trinajstić information content (AvgIpc) is 1.91. The van der Waals surface area contributed by atoms with E-state index in [4.69, 9.17) is 0 Å². The Bertz CT molecular complexity index is 228. The topological polar surface area (TPSA) is 0 Å². The van der Waals surface area contributed by atoms with Crippen LogP contribution in [0.25, 0.3) is 0 Å². The predicted octanol–water partition coefficient (Wildman–Crippen LogP) is 1.16. The molecule has 0 bridgehead atoms. The fraction of sp³-hybridized carbons (Fsp3) is 0. The normalized spacial score (nSPS) is 7.67. The van der Waals surface area contributed by atoms with Crippen LogP contribution in [0.2, 0.25) is 0 Å². The number of rotatable bonds is 0. The van der Waals surface area contributed by atoms with E-state index in [0.717, 1.165) is 5.56 Å². The molecular weight excluding hydrogens is 215 g/mol. The van der Waals surface area contributed by atoms with Crippen LogP contribution in [-0.4, -0.2) is 22.5 Å². The standard InChI is InChI=1S/C8H5.Sn/c1-2-8-6-4-3-5-7-8;/h3-7H;. The van der Waals surface area contributed by atoms with Gasteiger partial charge in [0.2, 0.25) is 0 Å². The first-order chi connectivity index (χ1) is 4.43. The first kappa shape index (κ1) is 6.70. The van der Waals surface area contributed by atoms with Crippen LogP contribution in [0.4, 0.5) is 0 Å². The molecule has 0 atom stereocenters. The van der Waals surface area contributed by atoms with Crippen molar-refractivity contribution < 1.29 is 0 Å². The van der Waals surface area contributed by atoms with Gasteiger partial charge in [0.1, 0.15) is 0 Å². The molecule has 0 saturated carbocycles. The van der Waals surface area contributed by atoms with E-state index in [2.05, 4.69) is 9.86 Å². The summed E-state index contributed by atoms with van der Waals surface area (Å²) in [5.41, 5.74) is 1.11. The van der Waals surface area contributed by atoms with E-state index < -0.39 is 0 Å². The molecule has 0 amide bonds. The predicted molar refractivity (Wildman–Crippen MR) is 39.1 cm³/mol. The zero-order chi connectivity index (χ0) is 6.53. The second kappa shape index (κ2) is 3.57. The third-order valence-electron chi connectivity index (χ3n) is 0.981. The SMILES string of the molecule is [Sn][C]#Cc1ccccc1. The van der Waals surface area contributed by atoms with Gasteiger partial charge in [-0.15, -0.1) is 0 Å². The molecule has 1 heteroatoms. The molecule has 0 aliphatic heterocycles. The molecule has 41 valence electrons. The van der Waals surface area contributed by atoms with Crippen molar-refractivity contribution in [3.63, 3.8) is 0 Å². The van der Waals surface area contributed by atoms with Crippen molar-refractivity contribution in [3.05, 3.63) is 35.9 Å². The van der Waals surface area contributed by atoms with Gasteiger partial charge < -0.3 is 0 Å². The fourth-order valence-electron chi connectivity index (χ4n) is 0.594. The molecule has 0 nitrogen and oxygen atoms in total. The van der Waals surface area contributed by atoms with Gasteiger partial charge in [-0.3, -0.25) is 0 Å². The van der Waals surface area contributed by atoms with Gasteiger partial charge in [0, 0.05) is 0 Å². The number of hydrogen-bond donors (Lipinski definition) is 0. The van der Waals surface area contributed by atoms with Crippen molar-refractivity contribution in [2.75, 3.05) is 0 Å². The van der Waals surface area contributed by atoms with Crippen molar-refractivity contribution in [2.24, 2.45) is 0 Å². The monoisotopic (exact) mass is 221 g/mol. The van der Waals surface area contributed by atoms with E-state index in [-0.39, 0.29) is 0 Å². The van der Waals surface area contributed by atoms with Gasteiger partial charge in [-0.25, -0.2) is 0 Å². The van der Waals surface area contributed by atoms with Crippen LogP contribution in [0.5, 0.6) is 0 Å². The second-order valence-electron chi connectivity index (χ2n) is 1.62. The molecule has 3 radical (unpaired) electrons. The third-order valence-corrected chi connectivity index (χ3v) is 1.34. The molecule has 0 N–H and O–H groups in total. The average molecular weight is 220 g/mol. The van der Waals surface area contributed by atoms with Crippen LogP contribution in [-0.2, 0) is 0 Å². The van der Waals surface area contributed by atoms with Gasteiger partial charge in [0.05, 0.1) is 0 Å². The van der Waals surface area contributed by atoms with Crippen LogP contribution in [0.15, 0.2) is 30.3 Å². The van der Waals surface area contributed by atoms with E-state index in [1.54, 1.807) is 0 Å². The van der Waals surface area contributed by atoms with Crippen molar-refractivity contribution in [1.82, 2.24) is 0 Å². The molecule has 0 heterocycles. The summed E-state index contributed by atoms with van der Waals surface area (Å²) in [4.78, 5) is 0. The maximum absolute atomic E-state index is 3.00. The summed E-state index contributed by atoms with van der Waals surface area (Å²) < 4.78 is 2.92. The molecule has 1 aromatic rings. The Morgan fingerprint density at radius 1 is 1.11 bits per heavy atom. The Morgan fingerprint density at radius 2 is 1.78 bits per heavy atom. The van der Waals surface area contributed by atoms with E-state index in [1.807, 2.05) is 30.3 Å². The summed E-state index contributed by atoms with van der Waals surface area (Å²) in [6.07, 6.45) is 0. The summed E-state index contributed by atoms with van der Waals surface area (Å²) in [6.45, 7) is 0. The Morgan fingerprint density at radius 3 is 2.33 bits per heavy atom. The molecule has 1 aromatic carbocycles. The van der Waals surface area contributed by atoms with E-state index >= 15 is 0 Å². The van der Waals surface area contributed by atoms with Crippen molar-refractivity contribution in [3.8, 4) is 9.86 Å². The molecule has 0 aliphatic rings. The summed E-state index contributed by atoms with van der Waals surface area (Å²) in [5, 5.41) is 0. The van der Waals surface area contributed by atoms with Crippen LogP contribution >= 0.6 is 0 Å². The Hall–Kier alpha value is -0.421. The number of hydrogen-bond acceptors (Lipinski definition) is 0. The summed E-state index contributed by atoms with van der Waals surface area (Å²) in [7, 11) is 0. The van der Waals surface area contributed by atoms with Crippen LogP contribution in [0.1, 0.15) is 5.56 Å². The fourth-order valence-corrected chi connectivity index (χ4v) is 1.01. The zero-order valence-corrected chi connectivity index (χ0v) is 7.74. The molecule has 0 aromatic heterocycles. The zero-order valence-electron chi connectivity index (χ0n) is 4.89. The van der Waals surface area contributed by atoms with Gasteiger partial charge in [-0.05, 0) is 0 Å². The molecule has 1 rings (SSSR count). The Labute approximate surface area is 68.4 Å². The summed E-state index contributed by atoms with van der Waals surface area (Å²) in [5.74, 6) is 3.00. The van der Waals surface area contributed by atoms with E-state index in [1.165, 1.54) is 22.5 Å². The number of benzene rings is 1. The third kappa shape index (κ3) is 2.11. The maximum atomic E-state index is 3.00. The van der Waals surface area contributed by atoms with E-state index in [0.29, 0.717) is 0 Å². The molecular formula is C8H5Sn. The van der Waals surface area contributed by atoms with Gasteiger partial charge in [0.15, 0.2) is 0 Å². The summed E-state index contributed by atoms with van der Waals surface area (Å²) in [6, 6.07) is 10.0. The first-order valence-corrected chi connectivity index (χ1v) is 4.09. The molecule has 0 aliphatic carbocycles. The van der Waals surface area contributed by atoms with E-state index in [9.17, 15) is 0 Å². The minimum atomic E-state index is 1.11. The van der Waals surface area contributed by atoms with Gasteiger partial charge in [0.25, 0.3) is 0 Å². The van der Waals surface area contributed by atoms with Gasteiger partial charge >= 0.3 is 68.3 Å². The van der Waals surface area contributed by atoms with Crippen molar-refractivity contribution in [2.45, 2.75) is 0 Å². The van der Waals surface area contributed by atoms with Gasteiger partial charge in [-0.2, -0.15) is 0 Å². The second-order valence-corrected chi connectivity index (χ2v) is 2.33. The van der Waals surface area contributed by atoms with Crippen LogP contribution in [0.3, 0.4) is 0 Å². The molecule has 0 unspecified atom stereocenters. The van der Waals surface area contributed by atoms with Crippen molar-refractivity contribution in [1.29, 1.82) is 0 Å². The Kier molecular flexibility index (Phi) is 2.66. The van der Waals surface area contributed by atoms with Gasteiger partial charge in [-0.1, -0.05) is 0 Å². The Balaban J connectivity index is 2.94. The minimum absolute atomic E-state index is 1.11. The first-order valence-electron chi connectivity index (χ1n) is 2.66. The quantitative estimate of drug-likeness (QED) is 0.454. The molecule has 0 saturated heterocycles. The molecule has 0 fully saturated rings. The van der Waals surface area contributed by atoms with Crippen LogP contribution < -0.4 is 0 Å². The molecule has 9 heavy (non-hydrogen) atoms. The van der Waals surface area contributed by atoms with Crippen LogP contribution in [0, 0.1) is 9.86 Å². The van der Waals surface area contributed by atoms with Crippen molar-refractivity contribution >= 4 is 22.5 Å². The molecule has 0 spiro atoms. The summed E-state index contributed by atoms with van der Waals surface area (Å²) >= 11 is 1.27.